The molecule has 0 aromatic heterocycles. The highest BCUT2D eigenvalue weighted by molar-refractivity contribution is 8.16. The molecule has 1 atom stereocenters. The molecule has 116 valence electrons. The summed E-state index contributed by atoms with van der Waals surface area (Å²) in [5.41, 5.74) is 1.37. The van der Waals surface area contributed by atoms with E-state index in [-0.39, 0.29) is 12.3 Å². The molecule has 0 bridgehead atoms. The monoisotopic (exact) mass is 325 g/mol. The predicted octanol–water partition coefficient (Wildman–Crippen LogP) is 1.96. The lowest BCUT2D eigenvalue weighted by Gasteiger charge is -2.16. The number of hydrogen-bond donors (Lipinski definition) is 0. The van der Waals surface area contributed by atoms with E-state index < -0.39 is 11.2 Å². The Bertz CT molecular complexity index is 747. The van der Waals surface area contributed by atoms with Crippen molar-refractivity contribution in [3.63, 3.8) is 0 Å². The second-order valence-electron chi connectivity index (χ2n) is 4.92. The molecule has 5 nitrogen and oxygen atoms in total. The van der Waals surface area contributed by atoms with Crippen molar-refractivity contribution in [3.8, 4) is 0 Å². The van der Waals surface area contributed by atoms with Crippen LogP contribution >= 0.6 is 11.8 Å². The summed E-state index contributed by atoms with van der Waals surface area (Å²) in [5.74, 6) is -1.54. The van der Waals surface area contributed by atoms with Crippen LogP contribution in [0.3, 0.4) is 0 Å². The molecule has 2 aromatic rings. The summed E-state index contributed by atoms with van der Waals surface area (Å²) in [6.07, 6.45) is -0.333. The van der Waals surface area contributed by atoms with Crippen LogP contribution in [0.4, 0.5) is 11.4 Å². The fourth-order valence-corrected chi connectivity index (χ4v) is 3.39. The number of aliphatic imine (C=N–C) groups is 1. The average molecular weight is 325 g/mol. The van der Waals surface area contributed by atoms with Crippen molar-refractivity contribution < 1.29 is 14.7 Å². The highest BCUT2D eigenvalue weighted by Crippen LogP contribution is 2.34. The first-order valence-electron chi connectivity index (χ1n) is 7.04. The van der Waals surface area contributed by atoms with Crippen molar-refractivity contribution >= 4 is 40.2 Å². The zero-order chi connectivity index (χ0) is 16.2. The van der Waals surface area contributed by atoms with Gasteiger partial charge in [0.25, 0.3) is 0 Å². The number of thioether (sulfide) groups is 1. The third kappa shape index (κ3) is 3.43. The maximum atomic E-state index is 12.6. The summed E-state index contributed by atoms with van der Waals surface area (Å²) in [4.78, 5) is 29.4. The number of aliphatic carboxylic acids is 1. The van der Waals surface area contributed by atoms with E-state index in [4.69, 9.17) is 0 Å². The molecule has 0 radical (unpaired) electrons. The first kappa shape index (κ1) is 15.3. The number of amidine groups is 1. The number of rotatable bonds is 4. The van der Waals surface area contributed by atoms with Crippen LogP contribution in [-0.4, -0.2) is 22.3 Å². The molecule has 0 saturated carbocycles. The minimum absolute atomic E-state index is 0.292. The molecule has 1 aliphatic rings. The van der Waals surface area contributed by atoms with Gasteiger partial charge in [-0.05, 0) is 24.3 Å². The Hall–Kier alpha value is -2.60. The average Bonchev–Trinajstić information content (AvgIpc) is 2.84. The Labute approximate surface area is 137 Å². The van der Waals surface area contributed by atoms with Crippen LogP contribution in [0.1, 0.15) is 6.42 Å². The minimum atomic E-state index is -1.25. The summed E-state index contributed by atoms with van der Waals surface area (Å²) in [7, 11) is 0. The molecule has 0 N–H and O–H groups in total. The van der Waals surface area contributed by atoms with Crippen molar-refractivity contribution in [1.82, 2.24) is 0 Å². The van der Waals surface area contributed by atoms with Gasteiger partial charge in [0.15, 0.2) is 5.17 Å². The summed E-state index contributed by atoms with van der Waals surface area (Å²) in [6, 6.07) is 18.3. The third-order valence-corrected chi connectivity index (χ3v) is 4.42. The molecule has 3 rings (SSSR count). The molecule has 1 saturated heterocycles. The zero-order valence-corrected chi connectivity index (χ0v) is 12.9. The number of hydrogen-bond acceptors (Lipinski definition) is 5. The SMILES string of the molecule is O=C([O-])C[C@H]1SC(=Nc2ccccc2)N(c2ccccc2)C1=O. The normalized spacial score (nSPS) is 19.3. The van der Waals surface area contributed by atoms with E-state index in [0.717, 1.165) is 11.8 Å². The van der Waals surface area contributed by atoms with Crippen LogP contribution in [0.15, 0.2) is 65.7 Å². The Balaban J connectivity index is 1.99. The van der Waals surface area contributed by atoms with Gasteiger partial charge < -0.3 is 9.90 Å². The van der Waals surface area contributed by atoms with E-state index in [0.29, 0.717) is 16.5 Å². The van der Waals surface area contributed by atoms with Gasteiger partial charge in [-0.2, -0.15) is 0 Å². The highest BCUT2D eigenvalue weighted by Gasteiger charge is 2.38. The van der Waals surface area contributed by atoms with Crippen LogP contribution in [0.2, 0.25) is 0 Å². The van der Waals surface area contributed by atoms with Gasteiger partial charge in [-0.3, -0.25) is 9.69 Å². The van der Waals surface area contributed by atoms with Crippen LogP contribution in [0.25, 0.3) is 0 Å². The molecule has 23 heavy (non-hydrogen) atoms. The first-order valence-corrected chi connectivity index (χ1v) is 7.92. The molecule has 1 amide bonds. The number of anilines is 1. The van der Waals surface area contributed by atoms with Crippen molar-refractivity contribution in [1.29, 1.82) is 0 Å². The fourth-order valence-electron chi connectivity index (χ4n) is 2.25. The van der Waals surface area contributed by atoms with Crippen LogP contribution in [-0.2, 0) is 9.59 Å². The van der Waals surface area contributed by atoms with Crippen molar-refractivity contribution in [2.75, 3.05) is 4.90 Å². The molecule has 0 spiro atoms. The van der Waals surface area contributed by atoms with E-state index in [1.807, 2.05) is 48.5 Å². The van der Waals surface area contributed by atoms with Gasteiger partial charge >= 0.3 is 0 Å². The molecule has 1 heterocycles. The maximum Gasteiger partial charge on any atom is 0.247 e. The number of carboxylic acids is 1. The highest BCUT2D eigenvalue weighted by atomic mass is 32.2. The minimum Gasteiger partial charge on any atom is -0.550 e. The first-order chi connectivity index (χ1) is 11.1. The van der Waals surface area contributed by atoms with E-state index >= 15 is 0 Å². The lowest BCUT2D eigenvalue weighted by Crippen LogP contribution is -2.35. The number of para-hydroxylation sites is 2. The van der Waals surface area contributed by atoms with Crippen LogP contribution in [0, 0.1) is 0 Å². The van der Waals surface area contributed by atoms with E-state index in [1.165, 1.54) is 4.90 Å². The van der Waals surface area contributed by atoms with Crippen molar-refractivity contribution in [2.24, 2.45) is 4.99 Å². The van der Waals surface area contributed by atoms with Crippen molar-refractivity contribution in [2.45, 2.75) is 11.7 Å². The summed E-state index contributed by atoms with van der Waals surface area (Å²) < 4.78 is 0. The summed E-state index contributed by atoms with van der Waals surface area (Å²) in [6.45, 7) is 0. The Kier molecular flexibility index (Phi) is 4.43. The maximum absolute atomic E-state index is 12.6. The van der Waals surface area contributed by atoms with Gasteiger partial charge in [0.05, 0.1) is 16.6 Å². The van der Waals surface area contributed by atoms with Gasteiger partial charge in [0.2, 0.25) is 5.91 Å². The number of carbonyl (C=O) groups is 2. The molecular formula is C17H13N2O3S-. The summed E-state index contributed by atoms with van der Waals surface area (Å²) >= 11 is 1.15. The summed E-state index contributed by atoms with van der Waals surface area (Å²) in [5, 5.41) is 10.6. The third-order valence-electron chi connectivity index (χ3n) is 3.28. The van der Waals surface area contributed by atoms with Gasteiger partial charge in [-0.15, -0.1) is 0 Å². The predicted molar refractivity (Wildman–Crippen MR) is 88.5 cm³/mol. The lowest BCUT2D eigenvalue weighted by atomic mass is 10.2. The van der Waals surface area contributed by atoms with E-state index in [2.05, 4.69) is 4.99 Å². The zero-order valence-electron chi connectivity index (χ0n) is 12.1. The molecule has 0 unspecified atom stereocenters. The van der Waals surface area contributed by atoms with Gasteiger partial charge in [-0.1, -0.05) is 48.2 Å². The number of nitrogens with zero attached hydrogens (tertiary/aromatic N) is 2. The molecule has 6 heteroatoms. The van der Waals surface area contributed by atoms with Crippen LogP contribution < -0.4 is 10.0 Å². The molecular weight excluding hydrogens is 312 g/mol. The molecule has 1 fully saturated rings. The number of carbonyl (C=O) groups excluding carboxylic acids is 2. The number of benzene rings is 2. The van der Waals surface area contributed by atoms with Gasteiger partial charge in [-0.25, -0.2) is 4.99 Å². The largest absolute Gasteiger partial charge is 0.550 e. The van der Waals surface area contributed by atoms with Crippen LogP contribution in [0.5, 0.6) is 0 Å². The van der Waals surface area contributed by atoms with E-state index in [9.17, 15) is 14.7 Å². The van der Waals surface area contributed by atoms with E-state index in [1.54, 1.807) is 12.1 Å². The number of amides is 1. The number of carboxylic acid groups (broad SMARTS) is 1. The Morgan fingerprint density at radius 2 is 1.70 bits per heavy atom. The standard InChI is InChI=1S/C17H14N2O3S/c20-15(21)11-14-16(22)19(13-9-5-2-6-10-13)17(23-14)18-12-7-3-1-4-8-12/h1-10,14H,11H2,(H,20,21)/p-1/t14-/m1/s1. The van der Waals surface area contributed by atoms with Gasteiger partial charge in [0, 0.05) is 12.4 Å². The second kappa shape index (κ2) is 6.66. The molecule has 1 aliphatic heterocycles. The second-order valence-corrected chi connectivity index (χ2v) is 6.09. The molecule has 0 aliphatic carbocycles. The quantitative estimate of drug-likeness (QED) is 0.861. The smallest absolute Gasteiger partial charge is 0.247 e. The lowest BCUT2D eigenvalue weighted by molar-refractivity contribution is -0.305. The van der Waals surface area contributed by atoms with Gasteiger partial charge in [0.1, 0.15) is 0 Å². The fraction of sp³-hybridized carbons (Fsp3) is 0.118. The van der Waals surface area contributed by atoms with Crippen molar-refractivity contribution in [3.05, 3.63) is 60.7 Å². The Morgan fingerprint density at radius 1 is 1.09 bits per heavy atom. The molecule has 2 aromatic carbocycles. The Morgan fingerprint density at radius 3 is 2.30 bits per heavy atom. The topological polar surface area (TPSA) is 72.8 Å².